The lowest BCUT2D eigenvalue weighted by atomic mass is 9.97. The molecule has 0 saturated carbocycles. The molecule has 1 saturated heterocycles. The smallest absolute Gasteiger partial charge is 0.308 e. The van der Waals surface area contributed by atoms with E-state index < -0.39 is 11.9 Å². The quantitative estimate of drug-likeness (QED) is 0.596. The van der Waals surface area contributed by atoms with Crippen molar-refractivity contribution in [2.75, 3.05) is 26.4 Å². The molecule has 2 unspecified atom stereocenters. The van der Waals surface area contributed by atoms with E-state index in [1.807, 2.05) is 13.8 Å². The summed E-state index contributed by atoms with van der Waals surface area (Å²) in [5, 5.41) is 11.7. The zero-order valence-corrected chi connectivity index (χ0v) is 13.0. The highest BCUT2D eigenvalue weighted by molar-refractivity contribution is 5.77. The Labute approximate surface area is 126 Å². The summed E-state index contributed by atoms with van der Waals surface area (Å²) in [7, 11) is 0. The van der Waals surface area contributed by atoms with Crippen LogP contribution in [-0.2, 0) is 19.1 Å². The second kappa shape index (κ2) is 9.73. The fraction of sp³-hybridized carbons (Fsp3) is 0.867. The topological polar surface area (TPSA) is 84.9 Å². The van der Waals surface area contributed by atoms with E-state index >= 15 is 0 Å². The zero-order valence-electron chi connectivity index (χ0n) is 13.0. The van der Waals surface area contributed by atoms with Crippen molar-refractivity contribution >= 4 is 11.9 Å². The van der Waals surface area contributed by atoms with Gasteiger partial charge in [0, 0.05) is 19.6 Å². The van der Waals surface area contributed by atoms with Crippen LogP contribution in [0.1, 0.15) is 39.5 Å². The molecule has 1 fully saturated rings. The Morgan fingerprint density at radius 2 is 2.19 bits per heavy atom. The van der Waals surface area contributed by atoms with Crippen LogP contribution in [0.4, 0.5) is 0 Å². The van der Waals surface area contributed by atoms with Crippen LogP contribution in [0.3, 0.4) is 0 Å². The molecule has 0 radical (unpaired) electrons. The second-order valence-electron chi connectivity index (χ2n) is 5.93. The molecular formula is C15H27NO5. The predicted molar refractivity (Wildman–Crippen MR) is 78.0 cm³/mol. The molecule has 2 atom stereocenters. The van der Waals surface area contributed by atoms with E-state index in [0.29, 0.717) is 19.6 Å². The highest BCUT2D eigenvalue weighted by Gasteiger charge is 2.19. The molecular weight excluding hydrogens is 274 g/mol. The molecule has 1 heterocycles. The molecule has 6 nitrogen and oxygen atoms in total. The van der Waals surface area contributed by atoms with Crippen molar-refractivity contribution in [2.24, 2.45) is 11.8 Å². The van der Waals surface area contributed by atoms with Gasteiger partial charge in [0.05, 0.1) is 25.2 Å². The maximum atomic E-state index is 11.6. The largest absolute Gasteiger partial charge is 0.481 e. The fourth-order valence-corrected chi connectivity index (χ4v) is 2.32. The maximum absolute atomic E-state index is 11.6. The van der Waals surface area contributed by atoms with Gasteiger partial charge in [-0.05, 0) is 25.2 Å². The van der Waals surface area contributed by atoms with E-state index in [2.05, 4.69) is 5.32 Å². The van der Waals surface area contributed by atoms with Crippen LogP contribution in [0, 0.1) is 11.8 Å². The number of hydrogen-bond donors (Lipinski definition) is 2. The number of rotatable bonds is 10. The standard InChI is InChI=1S/C15H27NO5/c1-11(2)8-12(15(18)19)9-16-14(17)5-7-20-10-13-4-3-6-21-13/h11-13H,3-10H2,1-2H3,(H,16,17)(H,18,19). The van der Waals surface area contributed by atoms with E-state index in [9.17, 15) is 9.59 Å². The van der Waals surface area contributed by atoms with Gasteiger partial charge in [-0.15, -0.1) is 0 Å². The molecule has 122 valence electrons. The number of carboxylic acids is 1. The first-order valence-corrected chi connectivity index (χ1v) is 7.68. The summed E-state index contributed by atoms with van der Waals surface area (Å²) in [6, 6.07) is 0. The number of amides is 1. The molecule has 0 aromatic carbocycles. The Morgan fingerprint density at radius 1 is 1.43 bits per heavy atom. The van der Waals surface area contributed by atoms with Gasteiger partial charge in [0.25, 0.3) is 0 Å². The highest BCUT2D eigenvalue weighted by atomic mass is 16.5. The fourth-order valence-electron chi connectivity index (χ4n) is 2.32. The molecule has 0 aromatic rings. The van der Waals surface area contributed by atoms with Crippen LogP contribution in [0.25, 0.3) is 0 Å². The lowest BCUT2D eigenvalue weighted by Crippen LogP contribution is -2.34. The third-order valence-corrected chi connectivity index (χ3v) is 3.45. The SMILES string of the molecule is CC(C)CC(CNC(=O)CCOCC1CCCO1)C(=O)O. The summed E-state index contributed by atoms with van der Waals surface area (Å²) in [5.74, 6) is -1.27. The van der Waals surface area contributed by atoms with Gasteiger partial charge in [0.2, 0.25) is 5.91 Å². The number of carbonyl (C=O) groups excluding carboxylic acids is 1. The van der Waals surface area contributed by atoms with Crippen molar-refractivity contribution in [3.05, 3.63) is 0 Å². The van der Waals surface area contributed by atoms with Gasteiger partial charge in [-0.25, -0.2) is 0 Å². The second-order valence-corrected chi connectivity index (χ2v) is 5.93. The van der Waals surface area contributed by atoms with Crippen molar-refractivity contribution in [3.8, 4) is 0 Å². The third kappa shape index (κ3) is 8.02. The summed E-state index contributed by atoms with van der Waals surface area (Å²) < 4.78 is 10.8. The molecule has 2 N–H and O–H groups in total. The van der Waals surface area contributed by atoms with Gasteiger partial charge in [0.1, 0.15) is 0 Å². The minimum absolute atomic E-state index is 0.162. The average molecular weight is 301 g/mol. The molecule has 21 heavy (non-hydrogen) atoms. The van der Waals surface area contributed by atoms with Crippen LogP contribution >= 0.6 is 0 Å². The number of ether oxygens (including phenoxy) is 2. The summed E-state index contributed by atoms with van der Waals surface area (Å²) in [5.41, 5.74) is 0. The van der Waals surface area contributed by atoms with Crippen molar-refractivity contribution in [2.45, 2.75) is 45.6 Å². The number of carbonyl (C=O) groups is 2. The van der Waals surface area contributed by atoms with E-state index in [1.165, 1.54) is 0 Å². The van der Waals surface area contributed by atoms with Gasteiger partial charge in [-0.2, -0.15) is 0 Å². The van der Waals surface area contributed by atoms with Crippen LogP contribution in [0.15, 0.2) is 0 Å². The van der Waals surface area contributed by atoms with Gasteiger partial charge in [0.15, 0.2) is 0 Å². The van der Waals surface area contributed by atoms with Crippen molar-refractivity contribution in [3.63, 3.8) is 0 Å². The summed E-state index contributed by atoms with van der Waals surface area (Å²) in [6.45, 7) is 5.78. The molecule has 6 heteroatoms. The van der Waals surface area contributed by atoms with Crippen LogP contribution in [0.5, 0.6) is 0 Å². The normalized spacial score (nSPS) is 19.7. The Kier molecular flexibility index (Phi) is 8.30. The Bertz CT molecular complexity index is 326. The summed E-state index contributed by atoms with van der Waals surface area (Å²) in [4.78, 5) is 22.7. The maximum Gasteiger partial charge on any atom is 0.308 e. The van der Waals surface area contributed by atoms with E-state index in [0.717, 1.165) is 19.4 Å². The number of aliphatic carboxylic acids is 1. The van der Waals surface area contributed by atoms with Gasteiger partial charge < -0.3 is 19.9 Å². The molecule has 1 aliphatic rings. The molecule has 1 aliphatic heterocycles. The Morgan fingerprint density at radius 3 is 2.76 bits per heavy atom. The first-order chi connectivity index (χ1) is 9.99. The molecule has 0 aliphatic carbocycles. The summed E-state index contributed by atoms with van der Waals surface area (Å²) >= 11 is 0. The van der Waals surface area contributed by atoms with Crippen molar-refractivity contribution in [1.82, 2.24) is 5.32 Å². The first kappa shape index (κ1) is 17.9. The summed E-state index contributed by atoms with van der Waals surface area (Å²) in [6.07, 6.45) is 3.06. The van der Waals surface area contributed by atoms with E-state index in [-0.39, 0.29) is 30.9 Å². The van der Waals surface area contributed by atoms with Crippen LogP contribution < -0.4 is 5.32 Å². The molecule has 1 rings (SSSR count). The number of hydrogen-bond acceptors (Lipinski definition) is 4. The van der Waals surface area contributed by atoms with Gasteiger partial charge in [-0.1, -0.05) is 13.8 Å². The van der Waals surface area contributed by atoms with E-state index in [4.69, 9.17) is 14.6 Å². The van der Waals surface area contributed by atoms with Gasteiger partial charge in [-0.3, -0.25) is 9.59 Å². The highest BCUT2D eigenvalue weighted by Crippen LogP contribution is 2.12. The zero-order chi connectivity index (χ0) is 15.7. The monoisotopic (exact) mass is 301 g/mol. The van der Waals surface area contributed by atoms with E-state index in [1.54, 1.807) is 0 Å². The van der Waals surface area contributed by atoms with Crippen molar-refractivity contribution in [1.29, 1.82) is 0 Å². The number of carboxylic acid groups (broad SMARTS) is 1. The van der Waals surface area contributed by atoms with Crippen molar-refractivity contribution < 1.29 is 24.2 Å². The van der Waals surface area contributed by atoms with Gasteiger partial charge >= 0.3 is 5.97 Å². The molecule has 1 amide bonds. The first-order valence-electron chi connectivity index (χ1n) is 7.68. The average Bonchev–Trinajstić information content (AvgIpc) is 2.92. The minimum atomic E-state index is -0.862. The van der Waals surface area contributed by atoms with Crippen LogP contribution in [0.2, 0.25) is 0 Å². The lowest BCUT2D eigenvalue weighted by Gasteiger charge is -2.15. The van der Waals surface area contributed by atoms with Crippen LogP contribution in [-0.4, -0.2) is 49.5 Å². The minimum Gasteiger partial charge on any atom is -0.481 e. The Hall–Kier alpha value is -1.14. The predicted octanol–water partition coefficient (Wildman–Crippen LogP) is 1.44. The third-order valence-electron chi connectivity index (χ3n) is 3.45. The molecule has 0 bridgehead atoms. The Balaban J connectivity index is 2.09. The molecule has 0 spiro atoms. The molecule has 0 aromatic heterocycles. The lowest BCUT2D eigenvalue weighted by molar-refractivity contribution is -0.142. The number of nitrogens with one attached hydrogen (secondary N) is 1.